The average Bonchev–Trinajstić information content (AvgIpc) is 2.94. The molecule has 1 aliphatic rings. The van der Waals surface area contributed by atoms with E-state index in [4.69, 9.17) is 5.73 Å². The highest BCUT2D eigenvalue weighted by Crippen LogP contribution is 2.31. The monoisotopic (exact) mass is 221 g/mol. The number of aromatic amines is 1. The quantitative estimate of drug-likeness (QED) is 0.807. The Morgan fingerprint density at radius 3 is 3.19 bits per heavy atom. The van der Waals surface area contributed by atoms with Crippen LogP contribution in [0.2, 0.25) is 0 Å². The van der Waals surface area contributed by atoms with Crippen LogP contribution >= 0.6 is 0 Å². The van der Waals surface area contributed by atoms with E-state index >= 15 is 0 Å². The number of amides is 1. The maximum atomic E-state index is 12.0. The summed E-state index contributed by atoms with van der Waals surface area (Å²) < 4.78 is 0. The maximum Gasteiger partial charge on any atom is 0.223 e. The lowest BCUT2D eigenvalue weighted by atomic mass is 10.1. The maximum absolute atomic E-state index is 12.0. The van der Waals surface area contributed by atoms with Crippen LogP contribution in [0.5, 0.6) is 0 Å². The van der Waals surface area contributed by atoms with Crippen molar-refractivity contribution in [3.8, 4) is 0 Å². The fraction of sp³-hybridized carbons (Fsp3) is 0.583. The van der Waals surface area contributed by atoms with E-state index in [9.17, 15) is 4.79 Å². The van der Waals surface area contributed by atoms with Gasteiger partial charge in [0.2, 0.25) is 5.91 Å². The number of hydrogen-bond donors (Lipinski definition) is 2. The van der Waals surface area contributed by atoms with E-state index in [2.05, 4.69) is 11.1 Å². The summed E-state index contributed by atoms with van der Waals surface area (Å²) in [6.45, 7) is 1.47. The molecule has 1 aromatic rings. The minimum absolute atomic E-state index is 0.238. The first-order valence-electron chi connectivity index (χ1n) is 5.95. The Hall–Kier alpha value is -1.29. The Bertz CT molecular complexity index is 334. The molecule has 0 saturated carbocycles. The van der Waals surface area contributed by atoms with Gasteiger partial charge in [-0.2, -0.15) is 0 Å². The van der Waals surface area contributed by atoms with E-state index in [-0.39, 0.29) is 11.9 Å². The molecule has 0 bridgehead atoms. The van der Waals surface area contributed by atoms with E-state index in [1.807, 2.05) is 17.2 Å². The van der Waals surface area contributed by atoms with Crippen LogP contribution in [0.1, 0.15) is 37.4 Å². The van der Waals surface area contributed by atoms with Gasteiger partial charge in [-0.15, -0.1) is 0 Å². The van der Waals surface area contributed by atoms with Crippen molar-refractivity contribution in [2.45, 2.75) is 31.7 Å². The zero-order valence-electron chi connectivity index (χ0n) is 9.48. The number of likely N-dealkylation sites (tertiary alicyclic amines) is 1. The smallest absolute Gasteiger partial charge is 0.223 e. The molecule has 0 radical (unpaired) electrons. The Labute approximate surface area is 95.8 Å². The van der Waals surface area contributed by atoms with E-state index in [1.54, 1.807) is 0 Å². The summed E-state index contributed by atoms with van der Waals surface area (Å²) in [5.74, 6) is 0.238. The molecule has 0 aromatic carbocycles. The third-order valence-electron chi connectivity index (χ3n) is 3.15. The lowest BCUT2D eigenvalue weighted by molar-refractivity contribution is -0.132. The van der Waals surface area contributed by atoms with Crippen LogP contribution in [0.25, 0.3) is 0 Å². The minimum Gasteiger partial charge on any atom is -0.363 e. The summed E-state index contributed by atoms with van der Waals surface area (Å²) in [4.78, 5) is 17.2. The van der Waals surface area contributed by atoms with Crippen molar-refractivity contribution in [1.29, 1.82) is 0 Å². The van der Waals surface area contributed by atoms with E-state index in [0.29, 0.717) is 13.0 Å². The molecule has 3 N–H and O–H groups in total. The second-order valence-electron chi connectivity index (χ2n) is 4.26. The number of nitrogens with zero attached hydrogens (tertiary/aromatic N) is 1. The molecule has 1 saturated heterocycles. The highest BCUT2D eigenvalue weighted by atomic mass is 16.2. The fourth-order valence-corrected chi connectivity index (χ4v) is 2.34. The van der Waals surface area contributed by atoms with Crippen LogP contribution in [0.15, 0.2) is 18.3 Å². The van der Waals surface area contributed by atoms with Crippen molar-refractivity contribution in [2.75, 3.05) is 13.1 Å². The zero-order valence-corrected chi connectivity index (χ0v) is 9.48. The number of H-pyrrole nitrogens is 1. The highest BCUT2D eigenvalue weighted by Gasteiger charge is 2.29. The van der Waals surface area contributed by atoms with Crippen LogP contribution in [-0.4, -0.2) is 28.9 Å². The van der Waals surface area contributed by atoms with Gasteiger partial charge < -0.3 is 15.6 Å². The lowest BCUT2D eigenvalue weighted by Crippen LogP contribution is -2.30. The summed E-state index contributed by atoms with van der Waals surface area (Å²) in [7, 11) is 0. The average molecular weight is 221 g/mol. The Balaban J connectivity index is 2.01. The molecule has 1 atom stereocenters. The van der Waals surface area contributed by atoms with Crippen molar-refractivity contribution < 1.29 is 4.79 Å². The molecule has 1 aliphatic heterocycles. The van der Waals surface area contributed by atoms with Gasteiger partial charge in [-0.05, 0) is 37.9 Å². The number of hydrogen-bond acceptors (Lipinski definition) is 2. The first kappa shape index (κ1) is 11.2. The first-order chi connectivity index (χ1) is 7.83. The van der Waals surface area contributed by atoms with Gasteiger partial charge in [0.1, 0.15) is 0 Å². The van der Waals surface area contributed by atoms with Crippen molar-refractivity contribution in [3.63, 3.8) is 0 Å². The molecule has 16 heavy (non-hydrogen) atoms. The molecule has 1 aromatic heterocycles. The van der Waals surface area contributed by atoms with E-state index in [0.717, 1.165) is 31.5 Å². The summed E-state index contributed by atoms with van der Waals surface area (Å²) in [6.07, 6.45) is 5.43. The lowest BCUT2D eigenvalue weighted by Gasteiger charge is -2.24. The number of nitrogens with one attached hydrogen (secondary N) is 1. The molecule has 2 heterocycles. The predicted molar refractivity (Wildman–Crippen MR) is 62.8 cm³/mol. The summed E-state index contributed by atoms with van der Waals surface area (Å²) in [5, 5.41) is 0. The van der Waals surface area contributed by atoms with Gasteiger partial charge in [0.05, 0.1) is 6.04 Å². The van der Waals surface area contributed by atoms with Gasteiger partial charge in [0.15, 0.2) is 0 Å². The second kappa shape index (κ2) is 5.16. The van der Waals surface area contributed by atoms with Gasteiger partial charge in [-0.3, -0.25) is 4.79 Å². The topological polar surface area (TPSA) is 62.1 Å². The SMILES string of the molecule is NCCCC(=O)N1CCCC1c1ccc[nH]1. The van der Waals surface area contributed by atoms with Crippen LogP contribution in [0.4, 0.5) is 0 Å². The number of carbonyl (C=O) groups excluding carboxylic acids is 1. The van der Waals surface area contributed by atoms with Gasteiger partial charge in [-0.1, -0.05) is 0 Å². The molecule has 1 unspecified atom stereocenters. The van der Waals surface area contributed by atoms with Crippen LogP contribution in [-0.2, 0) is 4.79 Å². The van der Waals surface area contributed by atoms with Gasteiger partial charge >= 0.3 is 0 Å². The third kappa shape index (κ3) is 2.27. The molecule has 0 spiro atoms. The normalized spacial score (nSPS) is 20.3. The van der Waals surface area contributed by atoms with Gasteiger partial charge in [0.25, 0.3) is 0 Å². The minimum atomic E-state index is 0.238. The molecule has 0 aliphatic carbocycles. The largest absolute Gasteiger partial charge is 0.363 e. The number of aromatic nitrogens is 1. The molecular weight excluding hydrogens is 202 g/mol. The van der Waals surface area contributed by atoms with Gasteiger partial charge in [0, 0.05) is 24.9 Å². The molecular formula is C12H19N3O. The summed E-state index contributed by atoms with van der Waals surface area (Å²) >= 11 is 0. The van der Waals surface area contributed by atoms with Crippen molar-refractivity contribution in [2.24, 2.45) is 5.73 Å². The number of rotatable bonds is 4. The predicted octanol–water partition coefficient (Wildman–Crippen LogP) is 1.42. The second-order valence-corrected chi connectivity index (χ2v) is 4.26. The summed E-state index contributed by atoms with van der Waals surface area (Å²) in [6, 6.07) is 4.29. The van der Waals surface area contributed by atoms with Crippen molar-refractivity contribution in [1.82, 2.24) is 9.88 Å². The summed E-state index contributed by atoms with van der Waals surface area (Å²) in [5.41, 5.74) is 6.58. The standard InChI is InChI=1S/C12H19N3O/c13-7-1-6-12(16)15-9-3-5-11(15)10-4-2-8-14-10/h2,4,8,11,14H,1,3,5-7,9,13H2. The first-order valence-corrected chi connectivity index (χ1v) is 5.95. The Kier molecular flexibility index (Phi) is 3.62. The fourth-order valence-electron chi connectivity index (χ4n) is 2.34. The van der Waals surface area contributed by atoms with Crippen molar-refractivity contribution >= 4 is 5.91 Å². The molecule has 88 valence electrons. The molecule has 2 rings (SSSR count). The van der Waals surface area contributed by atoms with Crippen LogP contribution in [0, 0.1) is 0 Å². The third-order valence-corrected chi connectivity index (χ3v) is 3.15. The highest BCUT2D eigenvalue weighted by molar-refractivity contribution is 5.77. The zero-order chi connectivity index (χ0) is 11.4. The number of carbonyl (C=O) groups is 1. The molecule has 1 amide bonds. The Morgan fingerprint density at radius 2 is 2.50 bits per heavy atom. The van der Waals surface area contributed by atoms with Crippen LogP contribution < -0.4 is 5.73 Å². The van der Waals surface area contributed by atoms with E-state index < -0.39 is 0 Å². The molecule has 1 fully saturated rings. The van der Waals surface area contributed by atoms with Gasteiger partial charge in [-0.25, -0.2) is 0 Å². The number of nitrogens with two attached hydrogens (primary N) is 1. The van der Waals surface area contributed by atoms with E-state index in [1.165, 1.54) is 0 Å². The molecule has 4 heteroatoms. The van der Waals surface area contributed by atoms with Crippen LogP contribution in [0.3, 0.4) is 0 Å². The molecule has 4 nitrogen and oxygen atoms in total. The van der Waals surface area contributed by atoms with Crippen molar-refractivity contribution in [3.05, 3.63) is 24.0 Å². The Morgan fingerprint density at radius 1 is 1.62 bits per heavy atom.